The van der Waals surface area contributed by atoms with E-state index in [2.05, 4.69) is 22.1 Å². The lowest BCUT2D eigenvalue weighted by atomic mass is 10.0. The maximum absolute atomic E-state index is 12.8. The number of aryl methyl sites for hydroxylation is 1. The van der Waals surface area contributed by atoms with Crippen LogP contribution in [0.5, 0.6) is 0 Å². The molecule has 1 heterocycles. The molecule has 0 bridgehead atoms. The van der Waals surface area contributed by atoms with Crippen LogP contribution in [0.25, 0.3) is 11.1 Å². The second kappa shape index (κ2) is 8.68. The topological polar surface area (TPSA) is 59.8 Å². The van der Waals surface area contributed by atoms with Crippen molar-refractivity contribution in [3.63, 3.8) is 0 Å². The number of nitrogens with one attached hydrogen (secondary N) is 1. The van der Waals surface area contributed by atoms with Crippen molar-refractivity contribution in [2.75, 3.05) is 5.32 Å². The van der Waals surface area contributed by atoms with Crippen molar-refractivity contribution < 1.29 is 4.79 Å². The van der Waals surface area contributed by atoms with E-state index < -0.39 is 0 Å². The quantitative estimate of drug-likeness (QED) is 0.484. The maximum atomic E-state index is 12.8. The number of amides is 1. The number of aromatic nitrogens is 3. The van der Waals surface area contributed by atoms with Gasteiger partial charge in [0.1, 0.15) is 5.82 Å². The number of para-hydroxylation sites is 1. The first-order chi connectivity index (χ1) is 13.1. The van der Waals surface area contributed by atoms with Crippen molar-refractivity contribution in [1.29, 1.82) is 0 Å². The molecular formula is C21H22N4OS. The Morgan fingerprint density at radius 3 is 2.63 bits per heavy atom. The van der Waals surface area contributed by atoms with Crippen LogP contribution in [0.15, 0.2) is 72.4 Å². The van der Waals surface area contributed by atoms with Crippen molar-refractivity contribution >= 4 is 23.4 Å². The van der Waals surface area contributed by atoms with E-state index in [1.165, 1.54) is 11.8 Å². The minimum Gasteiger partial charge on any atom is -0.325 e. The van der Waals surface area contributed by atoms with Crippen LogP contribution in [-0.2, 0) is 11.3 Å². The third-order valence-corrected chi connectivity index (χ3v) is 5.22. The summed E-state index contributed by atoms with van der Waals surface area (Å²) in [4.78, 5) is 12.8. The molecule has 0 saturated carbocycles. The Hall–Kier alpha value is -2.86. The molecule has 0 aliphatic heterocycles. The predicted octanol–water partition coefficient (Wildman–Crippen LogP) is 4.56. The number of nitrogens with zero attached hydrogens (tertiary/aromatic N) is 3. The van der Waals surface area contributed by atoms with Gasteiger partial charge in [0.15, 0.2) is 5.16 Å². The molecule has 0 fully saturated rings. The molecule has 138 valence electrons. The highest BCUT2D eigenvalue weighted by Crippen LogP contribution is 2.29. The molecule has 3 aromatic rings. The van der Waals surface area contributed by atoms with Gasteiger partial charge in [-0.25, -0.2) is 0 Å². The fourth-order valence-electron chi connectivity index (χ4n) is 2.70. The van der Waals surface area contributed by atoms with Gasteiger partial charge in [-0.05, 0) is 25.5 Å². The van der Waals surface area contributed by atoms with Crippen molar-refractivity contribution in [3.8, 4) is 11.1 Å². The summed E-state index contributed by atoms with van der Waals surface area (Å²) in [7, 11) is 0. The Morgan fingerprint density at radius 1 is 1.19 bits per heavy atom. The Morgan fingerprint density at radius 2 is 1.89 bits per heavy atom. The monoisotopic (exact) mass is 378 g/mol. The number of carbonyl (C=O) groups excluding carboxylic acids is 1. The number of rotatable bonds is 7. The van der Waals surface area contributed by atoms with Gasteiger partial charge in [0.25, 0.3) is 0 Å². The van der Waals surface area contributed by atoms with E-state index in [9.17, 15) is 4.79 Å². The lowest BCUT2D eigenvalue weighted by Gasteiger charge is -2.15. The van der Waals surface area contributed by atoms with Gasteiger partial charge in [0, 0.05) is 17.8 Å². The van der Waals surface area contributed by atoms with Gasteiger partial charge >= 0.3 is 0 Å². The number of hydrogen-bond donors (Lipinski definition) is 1. The van der Waals surface area contributed by atoms with Crippen LogP contribution in [0.1, 0.15) is 12.7 Å². The fourth-order valence-corrected chi connectivity index (χ4v) is 3.60. The number of carbonyl (C=O) groups is 1. The molecule has 1 aromatic heterocycles. The SMILES string of the molecule is C=CCn1c(C)nnc1S[C@H](C)C(=O)Nc1ccccc1-c1ccccc1. The molecular weight excluding hydrogens is 356 g/mol. The molecule has 1 N–H and O–H groups in total. The molecule has 3 rings (SSSR count). The van der Waals surface area contributed by atoms with Gasteiger partial charge in [0.2, 0.25) is 5.91 Å². The lowest BCUT2D eigenvalue weighted by molar-refractivity contribution is -0.115. The van der Waals surface area contributed by atoms with Crippen LogP contribution in [0.4, 0.5) is 5.69 Å². The summed E-state index contributed by atoms with van der Waals surface area (Å²) in [6.07, 6.45) is 1.79. The summed E-state index contributed by atoms with van der Waals surface area (Å²) in [5.41, 5.74) is 2.86. The standard InChI is InChI=1S/C21H22N4OS/c1-4-14-25-16(3)23-24-21(25)27-15(2)20(26)22-19-13-9-8-12-18(19)17-10-6-5-7-11-17/h4-13,15H,1,14H2,2-3H3,(H,22,26)/t15-/m1/s1. The van der Waals surface area contributed by atoms with E-state index in [1.54, 1.807) is 6.08 Å². The Kier molecular flexibility index (Phi) is 6.08. The largest absolute Gasteiger partial charge is 0.325 e. The van der Waals surface area contributed by atoms with Crippen molar-refractivity contribution in [1.82, 2.24) is 14.8 Å². The summed E-state index contributed by atoms with van der Waals surface area (Å²) in [6, 6.07) is 17.8. The van der Waals surface area contributed by atoms with E-state index in [0.29, 0.717) is 11.7 Å². The first-order valence-electron chi connectivity index (χ1n) is 8.73. The molecule has 0 saturated heterocycles. The van der Waals surface area contributed by atoms with Crippen LogP contribution < -0.4 is 5.32 Å². The van der Waals surface area contributed by atoms with Gasteiger partial charge in [0.05, 0.1) is 5.25 Å². The van der Waals surface area contributed by atoms with E-state index in [1.807, 2.05) is 73.0 Å². The van der Waals surface area contributed by atoms with Crippen LogP contribution in [0, 0.1) is 6.92 Å². The fraction of sp³-hybridized carbons (Fsp3) is 0.190. The van der Waals surface area contributed by atoms with Crippen LogP contribution in [0.3, 0.4) is 0 Å². The van der Waals surface area contributed by atoms with Crippen molar-refractivity contribution in [2.45, 2.75) is 30.8 Å². The first-order valence-corrected chi connectivity index (χ1v) is 9.60. The molecule has 0 aliphatic rings. The smallest absolute Gasteiger partial charge is 0.237 e. The highest BCUT2D eigenvalue weighted by molar-refractivity contribution is 8.00. The molecule has 0 spiro atoms. The average molecular weight is 379 g/mol. The van der Waals surface area contributed by atoms with Gasteiger partial charge < -0.3 is 9.88 Å². The van der Waals surface area contributed by atoms with E-state index in [4.69, 9.17) is 0 Å². The Balaban J connectivity index is 1.76. The Bertz CT molecular complexity index is 936. The number of allylic oxidation sites excluding steroid dienone is 1. The van der Waals surface area contributed by atoms with Crippen molar-refractivity contribution in [2.24, 2.45) is 0 Å². The van der Waals surface area contributed by atoms with E-state index in [0.717, 1.165) is 22.6 Å². The molecule has 0 aliphatic carbocycles. The third-order valence-electron chi connectivity index (χ3n) is 4.13. The number of anilines is 1. The molecule has 1 amide bonds. The molecule has 1 atom stereocenters. The predicted molar refractivity (Wildman–Crippen MR) is 111 cm³/mol. The minimum atomic E-state index is -0.319. The summed E-state index contributed by atoms with van der Waals surface area (Å²) >= 11 is 1.39. The molecule has 5 nitrogen and oxygen atoms in total. The highest BCUT2D eigenvalue weighted by Gasteiger charge is 2.20. The number of hydrogen-bond acceptors (Lipinski definition) is 4. The lowest BCUT2D eigenvalue weighted by Crippen LogP contribution is -2.23. The third kappa shape index (κ3) is 4.46. The van der Waals surface area contributed by atoms with Crippen LogP contribution in [0.2, 0.25) is 0 Å². The first kappa shape index (κ1) is 18.9. The zero-order valence-electron chi connectivity index (χ0n) is 15.4. The van der Waals surface area contributed by atoms with E-state index in [-0.39, 0.29) is 11.2 Å². The van der Waals surface area contributed by atoms with Crippen molar-refractivity contribution in [3.05, 3.63) is 73.1 Å². The summed E-state index contributed by atoms with van der Waals surface area (Å²) < 4.78 is 1.94. The summed E-state index contributed by atoms with van der Waals surface area (Å²) in [6.45, 7) is 8.14. The van der Waals surface area contributed by atoms with Gasteiger partial charge in [-0.3, -0.25) is 4.79 Å². The average Bonchev–Trinajstić information content (AvgIpc) is 3.03. The van der Waals surface area contributed by atoms with E-state index >= 15 is 0 Å². The Labute approximate surface area is 163 Å². The van der Waals surface area contributed by atoms with Gasteiger partial charge in [-0.15, -0.1) is 16.8 Å². The van der Waals surface area contributed by atoms with Gasteiger partial charge in [-0.2, -0.15) is 0 Å². The minimum absolute atomic E-state index is 0.0748. The van der Waals surface area contributed by atoms with Crippen LogP contribution in [-0.4, -0.2) is 25.9 Å². The maximum Gasteiger partial charge on any atom is 0.237 e. The summed E-state index contributed by atoms with van der Waals surface area (Å²) in [5, 5.41) is 11.7. The number of benzene rings is 2. The number of thioether (sulfide) groups is 1. The van der Waals surface area contributed by atoms with Gasteiger partial charge in [-0.1, -0.05) is 66.4 Å². The second-order valence-electron chi connectivity index (χ2n) is 6.09. The van der Waals surface area contributed by atoms with Crippen LogP contribution >= 0.6 is 11.8 Å². The summed E-state index contributed by atoms with van der Waals surface area (Å²) in [5.74, 6) is 0.730. The molecule has 6 heteroatoms. The zero-order valence-corrected chi connectivity index (χ0v) is 16.2. The molecule has 0 radical (unpaired) electrons. The molecule has 2 aromatic carbocycles. The second-order valence-corrected chi connectivity index (χ2v) is 7.40. The molecule has 0 unspecified atom stereocenters. The zero-order chi connectivity index (χ0) is 19.2. The normalized spacial score (nSPS) is 11.8. The highest BCUT2D eigenvalue weighted by atomic mass is 32.2. The molecule has 27 heavy (non-hydrogen) atoms.